The normalized spacial score (nSPS) is 13.5. The first-order chi connectivity index (χ1) is 12.7. The van der Waals surface area contributed by atoms with Gasteiger partial charge in [0.15, 0.2) is 5.76 Å². The summed E-state index contributed by atoms with van der Waals surface area (Å²) in [7, 11) is 0. The number of furan rings is 1. The van der Waals surface area contributed by atoms with Crippen molar-refractivity contribution in [3.63, 3.8) is 0 Å². The molecule has 2 amide bonds. The zero-order valence-corrected chi connectivity index (χ0v) is 14.6. The Morgan fingerprint density at radius 1 is 1.12 bits per heavy atom. The molecular weight excluding hydrogens is 352 g/mol. The molecule has 0 saturated heterocycles. The van der Waals surface area contributed by atoms with Gasteiger partial charge in [-0.05, 0) is 31.0 Å². The van der Waals surface area contributed by atoms with Crippen LogP contribution in [0.3, 0.4) is 0 Å². The molecule has 0 bridgehead atoms. The molecule has 0 spiro atoms. The van der Waals surface area contributed by atoms with Gasteiger partial charge in [0.2, 0.25) is 5.91 Å². The molecule has 1 aromatic carbocycles. The molecule has 1 saturated carbocycles. The standard InChI is InChI=1S/C18H16N4O3S/c23-15(21-22-17(24)14-6-3-9-25-14)10-26-18-12-4-1-2-5-13(12)19-16(20-18)11-7-8-11/h1-6,9,11H,7-8,10H2,(H,21,23)(H,22,24). The van der Waals surface area contributed by atoms with Gasteiger partial charge in [0.1, 0.15) is 10.9 Å². The highest BCUT2D eigenvalue weighted by Crippen LogP contribution is 2.39. The van der Waals surface area contributed by atoms with Gasteiger partial charge in [0, 0.05) is 11.3 Å². The maximum absolute atomic E-state index is 12.0. The largest absolute Gasteiger partial charge is 0.459 e. The number of carbonyl (C=O) groups is 2. The van der Waals surface area contributed by atoms with E-state index in [0.717, 1.165) is 34.6 Å². The third-order valence-corrected chi connectivity index (χ3v) is 4.92. The topological polar surface area (TPSA) is 97.1 Å². The summed E-state index contributed by atoms with van der Waals surface area (Å²) in [6.07, 6.45) is 3.62. The molecule has 2 heterocycles. The number of benzene rings is 1. The van der Waals surface area contributed by atoms with E-state index in [4.69, 9.17) is 4.42 Å². The number of fused-ring (bicyclic) bond motifs is 1. The van der Waals surface area contributed by atoms with E-state index in [2.05, 4.69) is 20.8 Å². The third kappa shape index (κ3) is 3.70. The van der Waals surface area contributed by atoms with Gasteiger partial charge in [0.05, 0.1) is 17.5 Å². The van der Waals surface area contributed by atoms with Crippen molar-refractivity contribution in [3.05, 3.63) is 54.2 Å². The molecule has 8 heteroatoms. The average Bonchev–Trinajstić information content (AvgIpc) is 3.38. The Morgan fingerprint density at radius 2 is 1.96 bits per heavy atom. The number of hydrogen-bond donors (Lipinski definition) is 2. The lowest BCUT2D eigenvalue weighted by molar-refractivity contribution is -0.119. The third-order valence-electron chi connectivity index (χ3n) is 3.93. The Bertz CT molecular complexity index is 954. The first-order valence-electron chi connectivity index (χ1n) is 8.23. The van der Waals surface area contributed by atoms with E-state index in [1.807, 2.05) is 24.3 Å². The highest BCUT2D eigenvalue weighted by atomic mass is 32.2. The fraction of sp³-hybridized carbons (Fsp3) is 0.222. The summed E-state index contributed by atoms with van der Waals surface area (Å²) < 4.78 is 4.96. The van der Waals surface area contributed by atoms with Crippen LogP contribution in [-0.4, -0.2) is 27.5 Å². The van der Waals surface area contributed by atoms with Crippen molar-refractivity contribution in [3.8, 4) is 0 Å². The lowest BCUT2D eigenvalue weighted by atomic mass is 10.2. The number of aromatic nitrogens is 2. The minimum Gasteiger partial charge on any atom is -0.459 e. The SMILES string of the molecule is O=C(CSc1nc(C2CC2)nc2ccccc12)NNC(=O)c1ccco1. The monoisotopic (exact) mass is 368 g/mol. The molecule has 0 unspecified atom stereocenters. The highest BCUT2D eigenvalue weighted by molar-refractivity contribution is 8.00. The van der Waals surface area contributed by atoms with Gasteiger partial charge < -0.3 is 4.42 Å². The number of hydrogen-bond acceptors (Lipinski definition) is 6. The van der Waals surface area contributed by atoms with Gasteiger partial charge >= 0.3 is 5.91 Å². The summed E-state index contributed by atoms with van der Waals surface area (Å²) in [4.78, 5) is 33.0. The van der Waals surface area contributed by atoms with Crippen LogP contribution < -0.4 is 10.9 Å². The molecular formula is C18H16N4O3S. The summed E-state index contributed by atoms with van der Waals surface area (Å²) in [5.41, 5.74) is 5.58. The second kappa shape index (κ2) is 7.17. The van der Waals surface area contributed by atoms with Gasteiger partial charge in [-0.2, -0.15) is 0 Å². The zero-order valence-electron chi connectivity index (χ0n) is 13.8. The summed E-state index contributed by atoms with van der Waals surface area (Å²) in [6.45, 7) is 0. The molecule has 7 nitrogen and oxygen atoms in total. The summed E-state index contributed by atoms with van der Waals surface area (Å²) in [6, 6.07) is 10.9. The molecule has 0 atom stereocenters. The highest BCUT2D eigenvalue weighted by Gasteiger charge is 2.27. The number of thioether (sulfide) groups is 1. The van der Waals surface area contributed by atoms with Gasteiger partial charge in [-0.3, -0.25) is 20.4 Å². The number of nitrogens with one attached hydrogen (secondary N) is 2. The van der Waals surface area contributed by atoms with E-state index < -0.39 is 5.91 Å². The zero-order chi connectivity index (χ0) is 17.9. The van der Waals surface area contributed by atoms with E-state index in [0.29, 0.717) is 5.92 Å². The van der Waals surface area contributed by atoms with Gasteiger partial charge in [-0.15, -0.1) is 0 Å². The molecule has 26 heavy (non-hydrogen) atoms. The fourth-order valence-corrected chi connectivity index (χ4v) is 3.29. The first-order valence-corrected chi connectivity index (χ1v) is 9.21. The van der Waals surface area contributed by atoms with Crippen LogP contribution in [0.25, 0.3) is 10.9 Å². The lowest BCUT2D eigenvalue weighted by Crippen LogP contribution is -2.42. The fourth-order valence-electron chi connectivity index (χ4n) is 2.46. The van der Waals surface area contributed by atoms with Crippen LogP contribution >= 0.6 is 11.8 Å². The van der Waals surface area contributed by atoms with Crippen molar-refractivity contribution in [2.75, 3.05) is 5.75 Å². The maximum Gasteiger partial charge on any atom is 0.305 e. The van der Waals surface area contributed by atoms with Crippen molar-refractivity contribution in [1.29, 1.82) is 0 Å². The van der Waals surface area contributed by atoms with Crippen LogP contribution in [0.2, 0.25) is 0 Å². The number of amides is 2. The van der Waals surface area contributed by atoms with E-state index in [-0.39, 0.29) is 17.4 Å². The number of carbonyl (C=O) groups excluding carboxylic acids is 2. The molecule has 2 aromatic heterocycles. The van der Waals surface area contributed by atoms with Gasteiger partial charge in [-0.25, -0.2) is 9.97 Å². The Morgan fingerprint density at radius 3 is 2.73 bits per heavy atom. The molecule has 3 aromatic rings. The smallest absolute Gasteiger partial charge is 0.305 e. The maximum atomic E-state index is 12.0. The van der Waals surface area contributed by atoms with E-state index >= 15 is 0 Å². The van der Waals surface area contributed by atoms with Crippen LogP contribution in [0, 0.1) is 0 Å². The molecule has 0 aliphatic heterocycles. The number of rotatable bonds is 5. The molecule has 1 fully saturated rings. The Labute approximate surface area is 153 Å². The number of para-hydroxylation sites is 1. The van der Waals surface area contributed by atoms with Crippen molar-refractivity contribution >= 4 is 34.5 Å². The van der Waals surface area contributed by atoms with E-state index in [1.165, 1.54) is 24.1 Å². The van der Waals surface area contributed by atoms with E-state index in [1.54, 1.807) is 6.07 Å². The first kappa shape index (κ1) is 16.6. The molecule has 132 valence electrons. The number of hydrazine groups is 1. The predicted molar refractivity (Wildman–Crippen MR) is 96.6 cm³/mol. The second-order valence-electron chi connectivity index (χ2n) is 5.95. The van der Waals surface area contributed by atoms with Crippen LogP contribution in [0.5, 0.6) is 0 Å². The quantitative estimate of drug-likeness (QED) is 0.408. The average molecular weight is 368 g/mol. The molecule has 1 aliphatic rings. The minimum atomic E-state index is -0.503. The lowest BCUT2D eigenvalue weighted by Gasteiger charge is -2.09. The van der Waals surface area contributed by atoms with Crippen molar-refractivity contribution in [2.24, 2.45) is 0 Å². The summed E-state index contributed by atoms with van der Waals surface area (Å²) >= 11 is 1.33. The summed E-state index contributed by atoms with van der Waals surface area (Å²) in [5.74, 6) is 0.707. The molecule has 4 rings (SSSR count). The predicted octanol–water partition coefficient (Wildman–Crippen LogP) is 2.65. The molecule has 2 N–H and O–H groups in total. The minimum absolute atomic E-state index is 0.129. The van der Waals surface area contributed by atoms with Crippen LogP contribution in [0.1, 0.15) is 35.1 Å². The summed E-state index contributed by atoms with van der Waals surface area (Å²) in [5, 5.41) is 1.71. The van der Waals surface area contributed by atoms with Crippen molar-refractivity contribution in [2.45, 2.75) is 23.8 Å². The second-order valence-corrected chi connectivity index (χ2v) is 6.91. The Balaban J connectivity index is 1.41. The molecule has 0 radical (unpaired) electrons. The van der Waals surface area contributed by atoms with Crippen molar-refractivity contribution < 1.29 is 14.0 Å². The van der Waals surface area contributed by atoms with Crippen molar-refractivity contribution in [1.82, 2.24) is 20.8 Å². The Kier molecular flexibility index (Phi) is 4.57. The number of nitrogens with zero attached hydrogens (tertiary/aromatic N) is 2. The molecule has 1 aliphatic carbocycles. The van der Waals surface area contributed by atoms with Crippen LogP contribution in [0.15, 0.2) is 52.1 Å². The van der Waals surface area contributed by atoms with Gasteiger partial charge in [-0.1, -0.05) is 30.0 Å². The van der Waals surface area contributed by atoms with Gasteiger partial charge in [0.25, 0.3) is 0 Å². The van der Waals surface area contributed by atoms with E-state index in [9.17, 15) is 9.59 Å². The van der Waals surface area contributed by atoms with Crippen LogP contribution in [-0.2, 0) is 4.79 Å². The Hall–Kier alpha value is -2.87. The van der Waals surface area contributed by atoms with Crippen LogP contribution in [0.4, 0.5) is 0 Å².